The minimum Gasteiger partial charge on any atom is -0.466 e. The van der Waals surface area contributed by atoms with E-state index in [9.17, 15) is 4.79 Å². The second kappa shape index (κ2) is 6.08. The van der Waals surface area contributed by atoms with Crippen LogP contribution in [0, 0.1) is 13.8 Å². The maximum absolute atomic E-state index is 12.9. The number of fused-ring (bicyclic) bond motifs is 1. The van der Waals surface area contributed by atoms with Gasteiger partial charge in [-0.15, -0.1) is 0 Å². The molecule has 130 valence electrons. The highest BCUT2D eigenvalue weighted by atomic mass is 16.3. The molecule has 1 aliphatic heterocycles. The van der Waals surface area contributed by atoms with Crippen molar-refractivity contribution in [2.45, 2.75) is 32.2 Å². The van der Waals surface area contributed by atoms with Crippen LogP contribution in [0.3, 0.4) is 0 Å². The number of hydrogen-bond donors (Lipinski definition) is 2. The van der Waals surface area contributed by atoms with Crippen molar-refractivity contribution in [2.75, 3.05) is 13.1 Å². The van der Waals surface area contributed by atoms with E-state index in [2.05, 4.69) is 11.1 Å². The van der Waals surface area contributed by atoms with E-state index < -0.39 is 0 Å². The van der Waals surface area contributed by atoms with Gasteiger partial charge in [-0.1, -0.05) is 18.2 Å². The second-order valence-corrected chi connectivity index (χ2v) is 6.97. The fourth-order valence-corrected chi connectivity index (χ4v) is 3.81. The number of amides is 1. The number of carbonyl (C=O) groups is 1. The van der Waals surface area contributed by atoms with Gasteiger partial charge in [-0.25, -0.2) is 0 Å². The Morgan fingerprint density at radius 1 is 1.24 bits per heavy atom. The summed E-state index contributed by atoms with van der Waals surface area (Å²) in [7, 11) is 0. The molecule has 5 nitrogen and oxygen atoms in total. The maximum Gasteiger partial charge on any atom is 0.227 e. The van der Waals surface area contributed by atoms with E-state index in [1.165, 1.54) is 0 Å². The highest BCUT2D eigenvalue weighted by Crippen LogP contribution is 2.29. The molecule has 1 fully saturated rings. The Morgan fingerprint density at radius 3 is 2.80 bits per heavy atom. The molecule has 0 aliphatic carbocycles. The Morgan fingerprint density at radius 2 is 2.04 bits per heavy atom. The lowest BCUT2D eigenvalue weighted by Gasteiger charge is -2.16. The van der Waals surface area contributed by atoms with E-state index in [4.69, 9.17) is 10.2 Å². The Balaban J connectivity index is 1.52. The van der Waals surface area contributed by atoms with Crippen LogP contribution in [0.2, 0.25) is 0 Å². The number of nitrogens with one attached hydrogen (secondary N) is 1. The maximum atomic E-state index is 12.9. The van der Waals surface area contributed by atoms with Gasteiger partial charge in [0.05, 0.1) is 12.3 Å². The first-order chi connectivity index (χ1) is 12.0. The van der Waals surface area contributed by atoms with Crippen LogP contribution in [0.15, 0.2) is 40.8 Å². The molecule has 3 aromatic rings. The summed E-state index contributed by atoms with van der Waals surface area (Å²) in [5, 5.41) is 1.12. The molecule has 1 aliphatic rings. The number of rotatable bonds is 3. The fourth-order valence-electron chi connectivity index (χ4n) is 3.81. The van der Waals surface area contributed by atoms with Crippen LogP contribution in [-0.2, 0) is 11.2 Å². The molecular weight excluding hydrogens is 314 g/mol. The number of aryl methyl sites for hydroxylation is 2. The third-order valence-corrected chi connectivity index (χ3v) is 5.20. The number of carbonyl (C=O) groups excluding carboxylic acids is 1. The summed E-state index contributed by atoms with van der Waals surface area (Å²) >= 11 is 0. The molecule has 3 heterocycles. The number of para-hydroxylation sites is 1. The summed E-state index contributed by atoms with van der Waals surface area (Å²) in [6, 6.07) is 11.9. The largest absolute Gasteiger partial charge is 0.466 e. The molecule has 4 rings (SSSR count). The van der Waals surface area contributed by atoms with Crippen LogP contribution in [0.4, 0.5) is 0 Å². The summed E-state index contributed by atoms with van der Waals surface area (Å²) in [6.07, 6.45) is 0.395. The molecular formula is C20H23N3O2. The molecule has 1 saturated heterocycles. The quantitative estimate of drug-likeness (QED) is 0.772. The van der Waals surface area contributed by atoms with Gasteiger partial charge < -0.3 is 20.0 Å². The Bertz CT molecular complexity index is 924. The van der Waals surface area contributed by atoms with E-state index in [1.807, 2.05) is 49.1 Å². The standard InChI is InChI=1S/C20H23N3O2/c1-12-7-8-19(25-12)16-10-23(11-17(16)21)20(24)9-15-13(2)22-18-6-4-3-5-14(15)18/h3-8,16-17,22H,9-11,21H2,1-2H3. The fraction of sp³-hybridized carbons (Fsp3) is 0.350. The van der Waals surface area contributed by atoms with Crippen LogP contribution in [-0.4, -0.2) is 34.9 Å². The van der Waals surface area contributed by atoms with Crippen LogP contribution in [0.1, 0.15) is 28.7 Å². The molecule has 0 saturated carbocycles. The van der Waals surface area contributed by atoms with E-state index in [0.29, 0.717) is 19.5 Å². The van der Waals surface area contributed by atoms with Gasteiger partial charge in [0.2, 0.25) is 5.91 Å². The molecule has 2 aromatic heterocycles. The van der Waals surface area contributed by atoms with Crippen molar-refractivity contribution in [3.63, 3.8) is 0 Å². The van der Waals surface area contributed by atoms with Crippen molar-refractivity contribution in [1.82, 2.24) is 9.88 Å². The number of nitrogens with two attached hydrogens (primary N) is 1. The van der Waals surface area contributed by atoms with Gasteiger partial charge >= 0.3 is 0 Å². The predicted octanol–water partition coefficient (Wildman–Crippen LogP) is 2.87. The molecule has 0 spiro atoms. The Labute approximate surface area is 146 Å². The molecule has 1 aromatic carbocycles. The van der Waals surface area contributed by atoms with Crippen molar-refractivity contribution in [1.29, 1.82) is 0 Å². The molecule has 1 amide bonds. The van der Waals surface area contributed by atoms with E-state index >= 15 is 0 Å². The zero-order valence-corrected chi connectivity index (χ0v) is 14.6. The zero-order chi connectivity index (χ0) is 17.6. The third-order valence-electron chi connectivity index (χ3n) is 5.20. The number of aromatic nitrogens is 1. The van der Waals surface area contributed by atoms with Gasteiger partial charge in [0, 0.05) is 35.7 Å². The number of benzene rings is 1. The number of furan rings is 1. The van der Waals surface area contributed by atoms with Crippen LogP contribution < -0.4 is 5.73 Å². The minimum absolute atomic E-state index is 0.0710. The first kappa shape index (κ1) is 16.0. The van der Waals surface area contributed by atoms with Gasteiger partial charge in [-0.05, 0) is 37.6 Å². The van der Waals surface area contributed by atoms with Gasteiger partial charge in [-0.2, -0.15) is 0 Å². The topological polar surface area (TPSA) is 75.3 Å². The SMILES string of the molecule is Cc1ccc(C2CN(C(=O)Cc3c(C)[nH]c4ccccc34)CC2N)o1. The lowest BCUT2D eigenvalue weighted by molar-refractivity contribution is -0.129. The van der Waals surface area contributed by atoms with Gasteiger partial charge in [0.15, 0.2) is 0 Å². The lowest BCUT2D eigenvalue weighted by Crippen LogP contribution is -2.33. The Hall–Kier alpha value is -2.53. The molecule has 25 heavy (non-hydrogen) atoms. The molecule has 2 atom stereocenters. The number of nitrogens with zero attached hydrogens (tertiary/aromatic N) is 1. The first-order valence-electron chi connectivity index (χ1n) is 8.69. The minimum atomic E-state index is -0.0847. The number of H-pyrrole nitrogens is 1. The van der Waals surface area contributed by atoms with Crippen LogP contribution in [0.5, 0.6) is 0 Å². The summed E-state index contributed by atoms with van der Waals surface area (Å²) in [4.78, 5) is 18.1. The summed E-state index contributed by atoms with van der Waals surface area (Å²) in [6.45, 7) is 5.14. The van der Waals surface area contributed by atoms with Gasteiger partial charge in [-0.3, -0.25) is 4.79 Å². The van der Waals surface area contributed by atoms with Crippen molar-refractivity contribution < 1.29 is 9.21 Å². The third kappa shape index (κ3) is 2.85. The normalized spacial score (nSPS) is 20.5. The monoisotopic (exact) mass is 337 g/mol. The van der Waals surface area contributed by atoms with Crippen molar-refractivity contribution in [3.05, 3.63) is 59.2 Å². The number of aromatic amines is 1. The number of hydrogen-bond acceptors (Lipinski definition) is 3. The smallest absolute Gasteiger partial charge is 0.227 e. The Kier molecular flexibility index (Phi) is 3.88. The first-order valence-corrected chi connectivity index (χ1v) is 8.69. The average molecular weight is 337 g/mol. The molecule has 0 radical (unpaired) electrons. The van der Waals surface area contributed by atoms with Crippen molar-refractivity contribution in [3.8, 4) is 0 Å². The summed E-state index contributed by atoms with van der Waals surface area (Å²) in [5.41, 5.74) is 9.48. The average Bonchev–Trinajstić information content (AvgIpc) is 3.26. The second-order valence-electron chi connectivity index (χ2n) is 6.97. The van der Waals surface area contributed by atoms with Gasteiger partial charge in [0.1, 0.15) is 11.5 Å². The molecule has 5 heteroatoms. The lowest BCUT2D eigenvalue weighted by atomic mass is 10.0. The predicted molar refractivity (Wildman–Crippen MR) is 97.5 cm³/mol. The highest BCUT2D eigenvalue weighted by molar-refractivity contribution is 5.90. The van der Waals surface area contributed by atoms with E-state index in [1.54, 1.807) is 0 Å². The molecule has 0 bridgehead atoms. The van der Waals surface area contributed by atoms with Gasteiger partial charge in [0.25, 0.3) is 0 Å². The molecule has 3 N–H and O–H groups in total. The van der Waals surface area contributed by atoms with E-state index in [-0.39, 0.29) is 17.9 Å². The number of likely N-dealkylation sites (tertiary alicyclic amines) is 1. The molecule has 2 unspecified atom stereocenters. The van der Waals surface area contributed by atoms with E-state index in [0.717, 1.165) is 33.7 Å². The summed E-state index contributed by atoms with van der Waals surface area (Å²) < 4.78 is 5.73. The van der Waals surface area contributed by atoms with Crippen LogP contribution >= 0.6 is 0 Å². The van der Waals surface area contributed by atoms with Crippen molar-refractivity contribution >= 4 is 16.8 Å². The highest BCUT2D eigenvalue weighted by Gasteiger charge is 2.35. The summed E-state index contributed by atoms with van der Waals surface area (Å²) in [5.74, 6) is 1.95. The zero-order valence-electron chi connectivity index (χ0n) is 14.6. The van der Waals surface area contributed by atoms with Crippen molar-refractivity contribution in [2.24, 2.45) is 5.73 Å². The van der Waals surface area contributed by atoms with Crippen LogP contribution in [0.25, 0.3) is 10.9 Å².